The molecule has 33 heavy (non-hydrogen) atoms. The number of nitrogens with one attached hydrogen (secondary N) is 2. The van der Waals surface area contributed by atoms with Gasteiger partial charge >= 0.3 is 12.1 Å². The first-order valence-electron chi connectivity index (χ1n) is 9.04. The number of benzene rings is 2. The van der Waals surface area contributed by atoms with Crippen molar-refractivity contribution in [3.63, 3.8) is 0 Å². The second kappa shape index (κ2) is 9.06. The minimum atomic E-state index is -4.83. The van der Waals surface area contributed by atoms with Gasteiger partial charge in [0, 0.05) is 12.1 Å². The van der Waals surface area contributed by atoms with E-state index in [1.165, 1.54) is 0 Å². The normalized spacial score (nSPS) is 12.4. The van der Waals surface area contributed by atoms with E-state index in [9.17, 15) is 36.3 Å². The van der Waals surface area contributed by atoms with Crippen molar-refractivity contribution in [2.45, 2.75) is 18.6 Å². The van der Waals surface area contributed by atoms with Crippen LogP contribution in [-0.2, 0) is 11.0 Å². The Balaban J connectivity index is 1.96. The van der Waals surface area contributed by atoms with Gasteiger partial charge in [-0.2, -0.15) is 13.2 Å². The quantitative estimate of drug-likeness (QED) is 0.454. The van der Waals surface area contributed by atoms with Crippen LogP contribution in [0.15, 0.2) is 47.3 Å². The Hall–Kier alpha value is -3.67. The molecule has 3 N–H and O–H groups in total. The second-order valence-electron chi connectivity index (χ2n) is 6.77. The van der Waals surface area contributed by atoms with Gasteiger partial charge in [-0.15, -0.1) is 0 Å². The fraction of sp³-hybridized carbons (Fsp3) is 0.150. The van der Waals surface area contributed by atoms with Gasteiger partial charge < -0.3 is 10.4 Å². The zero-order chi connectivity index (χ0) is 24.5. The van der Waals surface area contributed by atoms with E-state index in [0.717, 1.165) is 30.3 Å². The number of amides is 1. The summed E-state index contributed by atoms with van der Waals surface area (Å²) >= 11 is 5.84. The molecule has 7 nitrogen and oxygen atoms in total. The van der Waals surface area contributed by atoms with Crippen LogP contribution in [0.25, 0.3) is 5.69 Å². The maximum Gasteiger partial charge on any atom is 0.417 e. The lowest BCUT2D eigenvalue weighted by molar-refractivity contribution is -0.138. The van der Waals surface area contributed by atoms with Gasteiger partial charge in [0.15, 0.2) is 5.82 Å². The van der Waals surface area contributed by atoms with Crippen LogP contribution in [0.3, 0.4) is 0 Å². The third-order valence-electron chi connectivity index (χ3n) is 4.51. The molecule has 0 fully saturated rings. The Labute approximate surface area is 186 Å². The van der Waals surface area contributed by atoms with Gasteiger partial charge in [0.1, 0.15) is 17.2 Å². The van der Waals surface area contributed by atoms with E-state index in [1.54, 1.807) is 0 Å². The molecule has 1 amide bonds. The fourth-order valence-electron chi connectivity index (χ4n) is 3.04. The van der Waals surface area contributed by atoms with Gasteiger partial charge in [0.2, 0.25) is 0 Å². The van der Waals surface area contributed by atoms with E-state index in [1.807, 2.05) is 0 Å². The number of rotatable bonds is 6. The molecule has 2 aromatic carbocycles. The standard InChI is InChI=1S/C20H13ClF5N3O4/c21-18-10(2-1-3-11(18)20(24,25)26)13(8-17(31)32)27-19(33)14-7-16(30)29(28-14)15-5-4-9(22)6-12(15)23/h1-7,13,28H,8H2,(H,27,33)(H,31,32). The van der Waals surface area contributed by atoms with E-state index in [2.05, 4.69) is 10.4 Å². The number of H-pyrrole nitrogens is 1. The highest BCUT2D eigenvalue weighted by molar-refractivity contribution is 6.32. The number of aromatic nitrogens is 2. The lowest BCUT2D eigenvalue weighted by atomic mass is 10.0. The predicted octanol–water partition coefficient (Wildman–Crippen LogP) is 4.06. The molecule has 0 aliphatic rings. The van der Waals surface area contributed by atoms with Crippen molar-refractivity contribution in [1.29, 1.82) is 0 Å². The maximum atomic E-state index is 14.0. The molecular formula is C20H13ClF5N3O4. The Morgan fingerprint density at radius 2 is 1.85 bits per heavy atom. The molecule has 0 saturated carbocycles. The number of aliphatic carboxylic acids is 1. The summed E-state index contributed by atoms with van der Waals surface area (Å²) in [5, 5.41) is 12.8. The minimum absolute atomic E-state index is 0.311. The van der Waals surface area contributed by atoms with Crippen LogP contribution in [0.1, 0.15) is 34.1 Å². The van der Waals surface area contributed by atoms with Crippen LogP contribution in [-0.4, -0.2) is 26.8 Å². The number of nitrogens with zero attached hydrogens (tertiary/aromatic N) is 1. The summed E-state index contributed by atoms with van der Waals surface area (Å²) < 4.78 is 67.2. The molecule has 3 aromatic rings. The van der Waals surface area contributed by atoms with Crippen molar-refractivity contribution >= 4 is 23.5 Å². The van der Waals surface area contributed by atoms with Crippen LogP contribution in [0, 0.1) is 11.6 Å². The number of hydrogen-bond acceptors (Lipinski definition) is 3. The molecule has 1 heterocycles. The Kier molecular flexibility index (Phi) is 6.58. The van der Waals surface area contributed by atoms with Gasteiger partial charge in [-0.1, -0.05) is 23.7 Å². The summed E-state index contributed by atoms with van der Waals surface area (Å²) in [5.74, 6) is -4.53. The largest absolute Gasteiger partial charge is 0.481 e. The van der Waals surface area contributed by atoms with Crippen molar-refractivity contribution in [3.8, 4) is 5.69 Å². The van der Waals surface area contributed by atoms with Crippen molar-refractivity contribution in [3.05, 3.63) is 86.3 Å². The van der Waals surface area contributed by atoms with E-state index < -0.39 is 69.7 Å². The van der Waals surface area contributed by atoms with Crippen LogP contribution < -0.4 is 10.9 Å². The van der Waals surface area contributed by atoms with Crippen LogP contribution in [0.4, 0.5) is 22.0 Å². The molecule has 0 bridgehead atoms. The van der Waals surface area contributed by atoms with Gasteiger partial charge in [0.05, 0.1) is 23.0 Å². The Bertz CT molecular complexity index is 1290. The summed E-state index contributed by atoms with van der Waals surface area (Å²) in [5.41, 5.74) is -3.30. The maximum absolute atomic E-state index is 14.0. The van der Waals surface area contributed by atoms with Gasteiger partial charge in [-0.05, 0) is 23.8 Å². The molecule has 13 heteroatoms. The molecule has 1 atom stereocenters. The molecule has 0 aliphatic heterocycles. The second-order valence-corrected chi connectivity index (χ2v) is 7.15. The summed E-state index contributed by atoms with van der Waals surface area (Å²) in [7, 11) is 0. The van der Waals surface area contributed by atoms with E-state index in [4.69, 9.17) is 16.7 Å². The minimum Gasteiger partial charge on any atom is -0.481 e. The van der Waals surface area contributed by atoms with Crippen LogP contribution in [0.5, 0.6) is 0 Å². The van der Waals surface area contributed by atoms with E-state index in [0.29, 0.717) is 16.8 Å². The highest BCUT2D eigenvalue weighted by Gasteiger charge is 2.35. The first-order chi connectivity index (χ1) is 15.4. The molecule has 0 saturated heterocycles. The lowest BCUT2D eigenvalue weighted by Gasteiger charge is -2.20. The summed E-state index contributed by atoms with van der Waals surface area (Å²) in [6, 6.07) is 4.40. The Morgan fingerprint density at radius 3 is 2.45 bits per heavy atom. The molecule has 0 radical (unpaired) electrons. The first-order valence-corrected chi connectivity index (χ1v) is 9.42. The third-order valence-corrected chi connectivity index (χ3v) is 4.93. The number of carboxylic acid groups (broad SMARTS) is 1. The molecule has 3 rings (SSSR count). The van der Waals surface area contributed by atoms with Crippen molar-refractivity contribution < 1.29 is 36.6 Å². The third kappa shape index (κ3) is 5.22. The monoisotopic (exact) mass is 489 g/mol. The van der Waals surface area contributed by atoms with E-state index in [-0.39, 0.29) is 5.56 Å². The molecule has 1 aromatic heterocycles. The molecule has 0 spiro atoms. The van der Waals surface area contributed by atoms with Crippen molar-refractivity contribution in [2.75, 3.05) is 0 Å². The highest BCUT2D eigenvalue weighted by Crippen LogP contribution is 2.38. The number of carbonyl (C=O) groups is 2. The highest BCUT2D eigenvalue weighted by atomic mass is 35.5. The van der Waals surface area contributed by atoms with Crippen LogP contribution >= 0.6 is 11.6 Å². The zero-order valence-corrected chi connectivity index (χ0v) is 17.0. The number of alkyl halides is 3. The number of aromatic amines is 1. The smallest absolute Gasteiger partial charge is 0.417 e. The summed E-state index contributed by atoms with van der Waals surface area (Å²) in [6.07, 6.45) is -5.66. The van der Waals surface area contributed by atoms with E-state index >= 15 is 0 Å². The van der Waals surface area contributed by atoms with Crippen molar-refractivity contribution in [2.24, 2.45) is 0 Å². The molecule has 0 aliphatic carbocycles. The number of hydrogen-bond donors (Lipinski definition) is 3. The molecular weight excluding hydrogens is 477 g/mol. The first kappa shape index (κ1) is 24.0. The zero-order valence-electron chi connectivity index (χ0n) is 16.2. The fourth-order valence-corrected chi connectivity index (χ4v) is 3.41. The van der Waals surface area contributed by atoms with Crippen LogP contribution in [0.2, 0.25) is 5.02 Å². The van der Waals surface area contributed by atoms with Crippen molar-refractivity contribution in [1.82, 2.24) is 15.1 Å². The predicted molar refractivity (Wildman–Crippen MR) is 105 cm³/mol. The SMILES string of the molecule is O=C(O)CC(NC(=O)c1cc(=O)n(-c2ccc(F)cc2F)[nH]1)c1cccc(C(F)(F)F)c1Cl. The number of carboxylic acids is 1. The summed E-state index contributed by atoms with van der Waals surface area (Å²) in [4.78, 5) is 36.1. The molecule has 174 valence electrons. The topological polar surface area (TPSA) is 104 Å². The number of halogens is 6. The average Bonchev–Trinajstić information content (AvgIpc) is 3.08. The number of carbonyl (C=O) groups excluding carboxylic acids is 1. The lowest BCUT2D eigenvalue weighted by Crippen LogP contribution is -2.31. The Morgan fingerprint density at radius 1 is 1.15 bits per heavy atom. The summed E-state index contributed by atoms with van der Waals surface area (Å²) in [6.45, 7) is 0. The van der Waals surface area contributed by atoms with Gasteiger partial charge in [0.25, 0.3) is 11.5 Å². The van der Waals surface area contributed by atoms with Gasteiger partial charge in [-0.3, -0.25) is 19.5 Å². The van der Waals surface area contributed by atoms with Gasteiger partial charge in [-0.25, -0.2) is 13.5 Å². The molecule has 1 unspecified atom stereocenters. The average molecular weight is 490 g/mol.